The largest absolute Gasteiger partial charge is 0.358 e. The zero-order valence-corrected chi connectivity index (χ0v) is 13.5. The predicted octanol–water partition coefficient (Wildman–Crippen LogP) is 3.59. The molecule has 0 unspecified atom stereocenters. The Kier molecular flexibility index (Phi) is 2.61. The molecule has 2 bridgehead atoms. The summed E-state index contributed by atoms with van der Waals surface area (Å²) in [5.41, 5.74) is 3.72. The highest BCUT2D eigenvalue weighted by Gasteiger charge is 2.42. The SMILES string of the molecule is Cn1c2c(c3cccc(C4(N=C=O)CCC4)c31)C1CCN2CC1. The highest BCUT2D eigenvalue weighted by Crippen LogP contribution is 2.52. The number of fused-ring (bicyclic) bond motifs is 3. The maximum atomic E-state index is 11.0. The summed E-state index contributed by atoms with van der Waals surface area (Å²) in [6.07, 6.45) is 7.45. The fourth-order valence-electron chi connectivity index (χ4n) is 5.11. The number of aliphatic imine (C=N–C) groups is 1. The van der Waals surface area contributed by atoms with E-state index in [0.717, 1.165) is 19.3 Å². The number of aryl methyl sites for hydroxylation is 1. The van der Waals surface area contributed by atoms with Crippen molar-refractivity contribution in [3.63, 3.8) is 0 Å². The Bertz CT molecular complexity index is 847. The topological polar surface area (TPSA) is 37.6 Å². The van der Waals surface area contributed by atoms with Crippen molar-refractivity contribution >= 4 is 22.8 Å². The Morgan fingerprint density at radius 1 is 1.26 bits per heavy atom. The van der Waals surface area contributed by atoms with Gasteiger partial charge in [0.1, 0.15) is 11.4 Å². The highest BCUT2D eigenvalue weighted by molar-refractivity contribution is 5.94. The Balaban J connectivity index is 1.84. The van der Waals surface area contributed by atoms with Gasteiger partial charge < -0.3 is 9.47 Å². The average Bonchev–Trinajstić information content (AvgIpc) is 2.88. The first kappa shape index (κ1) is 13.4. The number of benzene rings is 1. The van der Waals surface area contributed by atoms with Crippen LogP contribution in [0.2, 0.25) is 0 Å². The van der Waals surface area contributed by atoms with Crippen LogP contribution >= 0.6 is 0 Å². The van der Waals surface area contributed by atoms with E-state index in [0.29, 0.717) is 5.92 Å². The lowest BCUT2D eigenvalue weighted by molar-refractivity contribution is 0.257. The molecule has 0 radical (unpaired) electrons. The van der Waals surface area contributed by atoms with Crippen molar-refractivity contribution in [1.29, 1.82) is 0 Å². The van der Waals surface area contributed by atoms with Crippen LogP contribution in [-0.4, -0.2) is 23.7 Å². The quantitative estimate of drug-likeness (QED) is 0.628. The van der Waals surface area contributed by atoms with E-state index in [1.165, 1.54) is 53.8 Å². The summed E-state index contributed by atoms with van der Waals surface area (Å²) in [6.45, 7) is 2.35. The number of piperidine rings is 1. The number of para-hydroxylation sites is 1. The third kappa shape index (κ3) is 1.57. The molecule has 0 atom stereocenters. The second-order valence-corrected chi connectivity index (χ2v) is 7.35. The number of hydrogen-bond acceptors (Lipinski definition) is 3. The van der Waals surface area contributed by atoms with E-state index in [2.05, 4.69) is 39.7 Å². The molecule has 1 aliphatic carbocycles. The van der Waals surface area contributed by atoms with Gasteiger partial charge in [0.25, 0.3) is 0 Å². The first-order chi connectivity index (χ1) is 11.2. The van der Waals surface area contributed by atoms with Crippen LogP contribution in [0.4, 0.5) is 5.82 Å². The smallest absolute Gasteiger partial charge is 0.235 e. The Labute approximate surface area is 135 Å². The van der Waals surface area contributed by atoms with E-state index in [-0.39, 0.29) is 5.54 Å². The number of carbonyl (C=O) groups excluding carboxylic acids is 1. The highest BCUT2D eigenvalue weighted by atomic mass is 16.1. The van der Waals surface area contributed by atoms with Crippen LogP contribution in [0, 0.1) is 0 Å². The second-order valence-electron chi connectivity index (χ2n) is 7.35. The van der Waals surface area contributed by atoms with Crippen LogP contribution < -0.4 is 4.90 Å². The molecule has 1 saturated carbocycles. The van der Waals surface area contributed by atoms with Gasteiger partial charge in [-0.1, -0.05) is 18.2 Å². The van der Waals surface area contributed by atoms with Gasteiger partial charge in [-0.3, -0.25) is 0 Å². The van der Waals surface area contributed by atoms with Crippen LogP contribution in [0.5, 0.6) is 0 Å². The lowest BCUT2D eigenvalue weighted by Gasteiger charge is -2.41. The third-order valence-corrected chi connectivity index (χ3v) is 6.36. The van der Waals surface area contributed by atoms with Crippen LogP contribution in [-0.2, 0) is 17.4 Å². The molecule has 1 saturated heterocycles. The minimum absolute atomic E-state index is 0.329. The molecule has 4 heterocycles. The van der Waals surface area contributed by atoms with Gasteiger partial charge in [-0.2, -0.15) is 4.99 Å². The van der Waals surface area contributed by atoms with Gasteiger partial charge in [0.15, 0.2) is 0 Å². The summed E-state index contributed by atoms with van der Waals surface area (Å²) in [4.78, 5) is 17.8. The van der Waals surface area contributed by atoms with Gasteiger partial charge in [-0.05, 0) is 38.0 Å². The van der Waals surface area contributed by atoms with Crippen LogP contribution in [0.25, 0.3) is 10.9 Å². The van der Waals surface area contributed by atoms with Gasteiger partial charge in [-0.15, -0.1) is 0 Å². The molecule has 0 N–H and O–H groups in total. The summed E-state index contributed by atoms with van der Waals surface area (Å²) < 4.78 is 2.37. The van der Waals surface area contributed by atoms with Gasteiger partial charge in [0.2, 0.25) is 6.08 Å². The van der Waals surface area contributed by atoms with Crippen molar-refractivity contribution in [3.05, 3.63) is 29.3 Å². The number of rotatable bonds is 2. The van der Waals surface area contributed by atoms with Crippen molar-refractivity contribution < 1.29 is 4.79 Å². The molecule has 6 rings (SSSR count). The Morgan fingerprint density at radius 2 is 2.04 bits per heavy atom. The zero-order chi connectivity index (χ0) is 15.6. The summed E-state index contributed by atoms with van der Waals surface area (Å²) in [5, 5.41) is 1.38. The lowest BCUT2D eigenvalue weighted by Crippen LogP contribution is -2.39. The van der Waals surface area contributed by atoms with E-state index >= 15 is 0 Å². The molecule has 0 spiro atoms. The second kappa shape index (κ2) is 4.48. The minimum atomic E-state index is -0.329. The van der Waals surface area contributed by atoms with Crippen molar-refractivity contribution in [3.8, 4) is 0 Å². The monoisotopic (exact) mass is 307 g/mol. The molecule has 4 nitrogen and oxygen atoms in total. The fraction of sp³-hybridized carbons (Fsp3) is 0.526. The maximum Gasteiger partial charge on any atom is 0.235 e. The van der Waals surface area contributed by atoms with Gasteiger partial charge in [-0.25, -0.2) is 4.79 Å². The molecular formula is C19H21N3O. The number of hydrogen-bond donors (Lipinski definition) is 0. The molecule has 3 aliphatic heterocycles. The standard InChI is InChI=1S/C19H21N3O/c1-21-17-14(16-13-6-10-22(11-7-13)18(16)21)4-2-5-15(17)19(20-12-23)8-3-9-19/h2,4-5,13H,3,6-11H2,1H3. The number of aromatic nitrogens is 1. The normalized spacial score (nSPS) is 21.9. The maximum absolute atomic E-state index is 11.0. The van der Waals surface area contributed by atoms with Gasteiger partial charge in [0, 0.05) is 36.7 Å². The summed E-state index contributed by atoms with van der Waals surface area (Å²) in [7, 11) is 2.18. The van der Waals surface area contributed by atoms with E-state index in [1.54, 1.807) is 0 Å². The van der Waals surface area contributed by atoms with Crippen LogP contribution in [0.3, 0.4) is 0 Å². The molecule has 0 amide bonds. The zero-order valence-electron chi connectivity index (χ0n) is 13.5. The third-order valence-electron chi connectivity index (χ3n) is 6.36. The van der Waals surface area contributed by atoms with E-state index in [4.69, 9.17) is 0 Å². The predicted molar refractivity (Wildman–Crippen MR) is 90.8 cm³/mol. The molecule has 2 aromatic rings. The van der Waals surface area contributed by atoms with E-state index in [9.17, 15) is 4.79 Å². The van der Waals surface area contributed by atoms with Crippen molar-refractivity contribution in [2.45, 2.75) is 43.6 Å². The first-order valence-electron chi connectivity index (χ1n) is 8.71. The summed E-state index contributed by atoms with van der Waals surface area (Å²) in [6, 6.07) is 6.58. The molecule has 118 valence electrons. The van der Waals surface area contributed by atoms with Crippen molar-refractivity contribution in [2.75, 3.05) is 18.0 Å². The van der Waals surface area contributed by atoms with Gasteiger partial charge in [0.05, 0.1) is 5.52 Å². The fourth-order valence-corrected chi connectivity index (χ4v) is 5.11. The van der Waals surface area contributed by atoms with Crippen molar-refractivity contribution in [1.82, 2.24) is 4.57 Å². The van der Waals surface area contributed by atoms with Crippen LogP contribution in [0.1, 0.15) is 49.1 Å². The first-order valence-corrected chi connectivity index (χ1v) is 8.71. The molecule has 1 aromatic heterocycles. The van der Waals surface area contributed by atoms with Gasteiger partial charge >= 0.3 is 0 Å². The number of nitrogens with zero attached hydrogens (tertiary/aromatic N) is 3. The molecule has 23 heavy (non-hydrogen) atoms. The minimum Gasteiger partial charge on any atom is -0.358 e. The lowest BCUT2D eigenvalue weighted by atomic mass is 9.71. The van der Waals surface area contributed by atoms with E-state index < -0.39 is 0 Å². The molecule has 2 fully saturated rings. The molecule has 4 heteroatoms. The van der Waals surface area contributed by atoms with E-state index in [1.807, 2.05) is 6.08 Å². The Morgan fingerprint density at radius 3 is 2.70 bits per heavy atom. The van der Waals surface area contributed by atoms with Crippen LogP contribution in [0.15, 0.2) is 23.2 Å². The number of isocyanates is 1. The number of anilines is 1. The van der Waals surface area contributed by atoms with Crippen molar-refractivity contribution in [2.24, 2.45) is 12.0 Å². The summed E-state index contributed by atoms with van der Waals surface area (Å²) in [5.74, 6) is 2.10. The molecular weight excluding hydrogens is 286 g/mol. The molecule has 1 aromatic carbocycles. The molecule has 4 aliphatic rings. The Hall–Kier alpha value is -2.06. The average molecular weight is 307 g/mol. The summed E-state index contributed by atoms with van der Waals surface area (Å²) >= 11 is 0.